The average Bonchev–Trinajstić information content (AvgIpc) is 2.75. The third kappa shape index (κ3) is 4.78. The van der Waals surface area contributed by atoms with Gasteiger partial charge in [0.1, 0.15) is 0 Å². The van der Waals surface area contributed by atoms with Gasteiger partial charge in [0.25, 0.3) is 0 Å². The first-order chi connectivity index (χ1) is 13.8. The first kappa shape index (κ1) is 18.7. The second-order valence-corrected chi connectivity index (χ2v) is 7.53. The van der Waals surface area contributed by atoms with Crippen molar-refractivity contribution in [3.05, 3.63) is 54.4 Å². The normalized spacial score (nSPS) is 20.8. The zero-order chi connectivity index (χ0) is 19.2. The van der Waals surface area contributed by atoms with Gasteiger partial charge in [-0.15, -0.1) is 0 Å². The molecule has 28 heavy (non-hydrogen) atoms. The zero-order valence-electron chi connectivity index (χ0n) is 16.2. The molecule has 7 nitrogen and oxygen atoms in total. The summed E-state index contributed by atoms with van der Waals surface area (Å²) in [6.07, 6.45) is 5.68. The Morgan fingerprint density at radius 3 is 2.50 bits per heavy atom. The number of aromatic nitrogens is 2. The lowest BCUT2D eigenvalue weighted by Gasteiger charge is -2.37. The van der Waals surface area contributed by atoms with E-state index in [0.717, 1.165) is 51.5 Å². The molecule has 0 aliphatic carbocycles. The Morgan fingerprint density at radius 2 is 1.75 bits per heavy atom. The SMILES string of the molecule is O=C(N[C@H]1CCCN(Cc2ccccc2)C1)N1CCN(c2ncccn2)CC1. The van der Waals surface area contributed by atoms with Gasteiger partial charge in [-0.2, -0.15) is 0 Å². The minimum atomic E-state index is 0.0557. The van der Waals surface area contributed by atoms with Crippen LogP contribution in [-0.4, -0.2) is 71.1 Å². The molecule has 1 N–H and O–H groups in total. The molecule has 4 rings (SSSR count). The van der Waals surface area contributed by atoms with E-state index < -0.39 is 0 Å². The second kappa shape index (κ2) is 9.01. The second-order valence-electron chi connectivity index (χ2n) is 7.53. The van der Waals surface area contributed by atoms with Crippen LogP contribution in [0.1, 0.15) is 18.4 Å². The highest BCUT2D eigenvalue weighted by atomic mass is 16.2. The van der Waals surface area contributed by atoms with Gasteiger partial charge in [-0.25, -0.2) is 14.8 Å². The summed E-state index contributed by atoms with van der Waals surface area (Å²) in [5, 5.41) is 3.25. The number of anilines is 1. The molecular formula is C21H28N6O. The van der Waals surface area contributed by atoms with E-state index in [9.17, 15) is 4.79 Å². The molecular weight excluding hydrogens is 352 g/mol. The number of urea groups is 1. The lowest BCUT2D eigenvalue weighted by molar-refractivity contribution is 0.161. The maximum absolute atomic E-state index is 12.7. The van der Waals surface area contributed by atoms with Crippen molar-refractivity contribution in [1.29, 1.82) is 0 Å². The molecule has 148 valence electrons. The molecule has 2 amide bonds. The van der Waals surface area contributed by atoms with E-state index >= 15 is 0 Å². The summed E-state index contributed by atoms with van der Waals surface area (Å²) in [5.74, 6) is 0.742. The van der Waals surface area contributed by atoms with E-state index in [-0.39, 0.29) is 12.1 Å². The van der Waals surface area contributed by atoms with E-state index in [2.05, 4.69) is 49.4 Å². The number of amides is 2. The van der Waals surface area contributed by atoms with Crippen LogP contribution in [0.3, 0.4) is 0 Å². The van der Waals surface area contributed by atoms with Gasteiger partial charge in [0.15, 0.2) is 0 Å². The third-order valence-corrected chi connectivity index (χ3v) is 5.48. The number of nitrogens with zero attached hydrogens (tertiary/aromatic N) is 5. The number of piperazine rings is 1. The van der Waals surface area contributed by atoms with Gasteiger partial charge in [0, 0.05) is 57.7 Å². The number of rotatable bonds is 4. The third-order valence-electron chi connectivity index (χ3n) is 5.48. The van der Waals surface area contributed by atoms with E-state index in [0.29, 0.717) is 13.1 Å². The van der Waals surface area contributed by atoms with Crippen molar-refractivity contribution < 1.29 is 4.79 Å². The molecule has 0 saturated carbocycles. The number of carbonyl (C=O) groups is 1. The van der Waals surface area contributed by atoms with Crippen LogP contribution in [0.15, 0.2) is 48.8 Å². The minimum Gasteiger partial charge on any atom is -0.337 e. The molecule has 0 bridgehead atoms. The maximum Gasteiger partial charge on any atom is 0.317 e. The highest BCUT2D eigenvalue weighted by Gasteiger charge is 2.26. The van der Waals surface area contributed by atoms with Crippen LogP contribution < -0.4 is 10.2 Å². The van der Waals surface area contributed by atoms with Gasteiger partial charge in [-0.05, 0) is 31.0 Å². The summed E-state index contributed by atoms with van der Waals surface area (Å²) in [6.45, 7) is 5.89. The molecule has 7 heteroatoms. The highest BCUT2D eigenvalue weighted by Crippen LogP contribution is 2.15. The fourth-order valence-corrected chi connectivity index (χ4v) is 3.99. The first-order valence-electron chi connectivity index (χ1n) is 10.1. The van der Waals surface area contributed by atoms with Crippen molar-refractivity contribution in [2.45, 2.75) is 25.4 Å². The van der Waals surface area contributed by atoms with E-state index in [1.165, 1.54) is 5.56 Å². The first-order valence-corrected chi connectivity index (χ1v) is 10.1. The van der Waals surface area contributed by atoms with Crippen LogP contribution >= 0.6 is 0 Å². The molecule has 2 aromatic rings. The Bertz CT molecular complexity index is 748. The lowest BCUT2D eigenvalue weighted by Crippen LogP contribution is -2.56. The van der Waals surface area contributed by atoms with Crippen LogP contribution in [-0.2, 0) is 6.54 Å². The number of piperidine rings is 1. The summed E-state index contributed by atoms with van der Waals surface area (Å²) in [4.78, 5) is 27.8. The fourth-order valence-electron chi connectivity index (χ4n) is 3.99. The standard InChI is InChI=1S/C21H28N6O/c28-21(27-14-12-26(13-15-27)20-22-9-5-10-23-20)24-19-8-4-11-25(17-19)16-18-6-2-1-3-7-18/h1-3,5-7,9-10,19H,4,8,11-17H2,(H,24,28)/t19-/m0/s1. The van der Waals surface area contributed by atoms with Crippen LogP contribution in [0.2, 0.25) is 0 Å². The average molecular weight is 380 g/mol. The quantitative estimate of drug-likeness (QED) is 0.879. The highest BCUT2D eigenvalue weighted by molar-refractivity contribution is 5.75. The molecule has 0 radical (unpaired) electrons. The number of benzene rings is 1. The maximum atomic E-state index is 12.7. The number of hydrogen-bond acceptors (Lipinski definition) is 5. The predicted octanol–water partition coefficient (Wildman–Crippen LogP) is 1.97. The van der Waals surface area contributed by atoms with E-state index in [4.69, 9.17) is 0 Å². The zero-order valence-corrected chi connectivity index (χ0v) is 16.2. The lowest BCUT2D eigenvalue weighted by atomic mass is 10.0. The molecule has 0 unspecified atom stereocenters. The van der Waals surface area contributed by atoms with Gasteiger partial charge in [-0.3, -0.25) is 4.90 Å². The number of carbonyl (C=O) groups excluding carboxylic acids is 1. The molecule has 2 aliphatic heterocycles. The summed E-state index contributed by atoms with van der Waals surface area (Å²) in [7, 11) is 0. The van der Waals surface area contributed by atoms with Gasteiger partial charge in [0.2, 0.25) is 5.95 Å². The predicted molar refractivity (Wildman–Crippen MR) is 109 cm³/mol. The van der Waals surface area contributed by atoms with Gasteiger partial charge >= 0.3 is 6.03 Å². The summed E-state index contributed by atoms with van der Waals surface area (Å²) >= 11 is 0. The largest absolute Gasteiger partial charge is 0.337 e. The summed E-state index contributed by atoms with van der Waals surface area (Å²) in [6, 6.07) is 12.6. The van der Waals surface area contributed by atoms with Crippen molar-refractivity contribution in [3.8, 4) is 0 Å². The topological polar surface area (TPSA) is 64.6 Å². The Balaban J connectivity index is 1.24. The van der Waals surface area contributed by atoms with Crippen molar-refractivity contribution in [3.63, 3.8) is 0 Å². The van der Waals surface area contributed by atoms with Crippen molar-refractivity contribution in [2.24, 2.45) is 0 Å². The number of hydrogen-bond donors (Lipinski definition) is 1. The van der Waals surface area contributed by atoms with Crippen LogP contribution in [0.5, 0.6) is 0 Å². The molecule has 1 aromatic carbocycles. The smallest absolute Gasteiger partial charge is 0.317 e. The molecule has 2 fully saturated rings. The summed E-state index contributed by atoms with van der Waals surface area (Å²) in [5.41, 5.74) is 1.33. The molecule has 3 heterocycles. The Morgan fingerprint density at radius 1 is 1.00 bits per heavy atom. The van der Waals surface area contributed by atoms with Crippen LogP contribution in [0, 0.1) is 0 Å². The number of likely N-dealkylation sites (tertiary alicyclic amines) is 1. The van der Waals surface area contributed by atoms with Gasteiger partial charge in [0.05, 0.1) is 0 Å². The Hall–Kier alpha value is -2.67. The number of nitrogens with one attached hydrogen (secondary N) is 1. The van der Waals surface area contributed by atoms with Crippen molar-refractivity contribution in [2.75, 3.05) is 44.2 Å². The minimum absolute atomic E-state index is 0.0557. The fraction of sp³-hybridized carbons (Fsp3) is 0.476. The monoisotopic (exact) mass is 380 g/mol. The van der Waals surface area contributed by atoms with Crippen molar-refractivity contribution in [1.82, 2.24) is 25.1 Å². The summed E-state index contributed by atoms with van der Waals surface area (Å²) < 4.78 is 0. The molecule has 2 saturated heterocycles. The molecule has 2 aliphatic rings. The van der Waals surface area contributed by atoms with Gasteiger partial charge in [-0.1, -0.05) is 30.3 Å². The Labute approximate surface area is 166 Å². The van der Waals surface area contributed by atoms with Crippen LogP contribution in [0.4, 0.5) is 10.7 Å². The Kier molecular flexibility index (Phi) is 6.01. The van der Waals surface area contributed by atoms with Crippen LogP contribution in [0.25, 0.3) is 0 Å². The van der Waals surface area contributed by atoms with E-state index in [1.54, 1.807) is 12.4 Å². The molecule has 1 atom stereocenters. The van der Waals surface area contributed by atoms with Gasteiger partial charge < -0.3 is 15.1 Å². The van der Waals surface area contributed by atoms with E-state index in [1.807, 2.05) is 17.0 Å². The molecule has 0 spiro atoms. The van der Waals surface area contributed by atoms with Crippen molar-refractivity contribution >= 4 is 12.0 Å². The molecule has 1 aromatic heterocycles.